The maximum Gasteiger partial charge on any atom is 0.117 e. The second kappa shape index (κ2) is 7.48. The SMILES string of the molecule is COC(C)(C)CCOCCNCc1ccco1. The van der Waals surface area contributed by atoms with Crippen molar-refractivity contribution in [1.82, 2.24) is 5.32 Å². The Bertz CT molecular complexity index is 283. The molecule has 1 aromatic heterocycles. The molecule has 1 N–H and O–H groups in total. The standard InChI is InChI=1S/C13H23NO3/c1-13(2,15-3)6-9-16-10-7-14-11-12-5-4-8-17-12/h4-5,8,14H,6-7,9-11H2,1-3H3. The largest absolute Gasteiger partial charge is 0.468 e. The lowest BCUT2D eigenvalue weighted by molar-refractivity contribution is -0.00938. The molecule has 1 heterocycles. The van der Waals surface area contributed by atoms with Crippen LogP contribution < -0.4 is 5.32 Å². The van der Waals surface area contributed by atoms with Gasteiger partial charge >= 0.3 is 0 Å². The van der Waals surface area contributed by atoms with E-state index in [0.29, 0.717) is 6.61 Å². The van der Waals surface area contributed by atoms with Gasteiger partial charge in [-0.2, -0.15) is 0 Å². The van der Waals surface area contributed by atoms with Gasteiger partial charge in [0.25, 0.3) is 0 Å². The van der Waals surface area contributed by atoms with Crippen LogP contribution in [0.25, 0.3) is 0 Å². The Morgan fingerprint density at radius 1 is 1.35 bits per heavy atom. The van der Waals surface area contributed by atoms with E-state index in [1.165, 1.54) is 0 Å². The van der Waals surface area contributed by atoms with Crippen molar-refractivity contribution < 1.29 is 13.9 Å². The Labute approximate surface area is 103 Å². The number of furan rings is 1. The fourth-order valence-corrected chi connectivity index (χ4v) is 1.29. The summed E-state index contributed by atoms with van der Waals surface area (Å²) in [6.07, 6.45) is 2.59. The molecule has 0 radical (unpaired) electrons. The molecule has 17 heavy (non-hydrogen) atoms. The maximum absolute atomic E-state index is 5.52. The molecule has 0 spiro atoms. The van der Waals surface area contributed by atoms with E-state index in [4.69, 9.17) is 13.9 Å². The molecule has 0 aliphatic carbocycles. The highest BCUT2D eigenvalue weighted by atomic mass is 16.5. The molecule has 4 heteroatoms. The highest BCUT2D eigenvalue weighted by Gasteiger charge is 2.15. The molecule has 0 unspecified atom stereocenters. The predicted molar refractivity (Wildman–Crippen MR) is 66.9 cm³/mol. The third-order valence-corrected chi connectivity index (χ3v) is 2.70. The number of hydrogen-bond donors (Lipinski definition) is 1. The van der Waals surface area contributed by atoms with Crippen LogP contribution in [0.1, 0.15) is 26.0 Å². The van der Waals surface area contributed by atoms with Gasteiger partial charge in [-0.1, -0.05) is 0 Å². The third kappa shape index (κ3) is 6.46. The van der Waals surface area contributed by atoms with E-state index in [2.05, 4.69) is 19.2 Å². The van der Waals surface area contributed by atoms with Crippen LogP contribution in [0, 0.1) is 0 Å². The first kappa shape index (κ1) is 14.2. The van der Waals surface area contributed by atoms with Gasteiger partial charge in [0.1, 0.15) is 5.76 Å². The lowest BCUT2D eigenvalue weighted by atomic mass is 10.1. The van der Waals surface area contributed by atoms with Crippen molar-refractivity contribution in [2.75, 3.05) is 26.9 Å². The lowest BCUT2D eigenvalue weighted by Gasteiger charge is -2.22. The normalized spacial score (nSPS) is 11.9. The second-order valence-corrected chi connectivity index (χ2v) is 4.58. The van der Waals surface area contributed by atoms with E-state index >= 15 is 0 Å². The molecular formula is C13H23NO3. The average molecular weight is 241 g/mol. The summed E-state index contributed by atoms with van der Waals surface area (Å²) in [5, 5.41) is 3.25. The summed E-state index contributed by atoms with van der Waals surface area (Å²) in [6, 6.07) is 3.84. The smallest absolute Gasteiger partial charge is 0.117 e. The molecule has 98 valence electrons. The molecule has 0 aromatic carbocycles. The van der Waals surface area contributed by atoms with Crippen LogP contribution in [-0.4, -0.2) is 32.5 Å². The molecule has 0 aliphatic heterocycles. The van der Waals surface area contributed by atoms with Gasteiger partial charge in [-0.25, -0.2) is 0 Å². The molecule has 0 saturated heterocycles. The summed E-state index contributed by atoms with van der Waals surface area (Å²) < 4.78 is 16.0. The van der Waals surface area contributed by atoms with Gasteiger partial charge in [0.05, 0.1) is 25.0 Å². The van der Waals surface area contributed by atoms with Crippen LogP contribution in [0.3, 0.4) is 0 Å². The first-order valence-electron chi connectivity index (χ1n) is 6.00. The van der Waals surface area contributed by atoms with Crippen molar-refractivity contribution in [3.05, 3.63) is 24.2 Å². The third-order valence-electron chi connectivity index (χ3n) is 2.70. The summed E-state index contributed by atoms with van der Waals surface area (Å²) in [6.45, 7) is 7.13. The summed E-state index contributed by atoms with van der Waals surface area (Å²) in [5.74, 6) is 0.950. The predicted octanol–water partition coefficient (Wildman–Crippen LogP) is 2.20. The zero-order valence-electron chi connectivity index (χ0n) is 11.0. The van der Waals surface area contributed by atoms with Crippen LogP contribution >= 0.6 is 0 Å². The summed E-state index contributed by atoms with van der Waals surface area (Å²) in [4.78, 5) is 0. The quantitative estimate of drug-likeness (QED) is 0.673. The Morgan fingerprint density at radius 2 is 2.18 bits per heavy atom. The second-order valence-electron chi connectivity index (χ2n) is 4.58. The molecule has 0 amide bonds. The first-order chi connectivity index (χ1) is 8.14. The molecule has 0 fully saturated rings. The lowest BCUT2D eigenvalue weighted by Crippen LogP contribution is -2.25. The fraction of sp³-hybridized carbons (Fsp3) is 0.692. The molecule has 4 nitrogen and oxygen atoms in total. The average Bonchev–Trinajstić information content (AvgIpc) is 2.81. The topological polar surface area (TPSA) is 43.6 Å². The van der Waals surface area contributed by atoms with Crippen LogP contribution in [0.5, 0.6) is 0 Å². The van der Waals surface area contributed by atoms with Gasteiger partial charge < -0.3 is 19.2 Å². The van der Waals surface area contributed by atoms with Crippen LogP contribution in [0.2, 0.25) is 0 Å². The van der Waals surface area contributed by atoms with Crippen molar-refractivity contribution in [3.63, 3.8) is 0 Å². The highest BCUT2D eigenvalue weighted by Crippen LogP contribution is 2.12. The van der Waals surface area contributed by atoms with Crippen molar-refractivity contribution in [1.29, 1.82) is 0 Å². The van der Waals surface area contributed by atoms with Gasteiger partial charge in [-0.15, -0.1) is 0 Å². The molecule has 0 bridgehead atoms. The Morgan fingerprint density at radius 3 is 2.82 bits per heavy atom. The number of rotatable bonds is 9. The summed E-state index contributed by atoms with van der Waals surface area (Å²) in [7, 11) is 1.73. The van der Waals surface area contributed by atoms with Crippen molar-refractivity contribution in [2.24, 2.45) is 0 Å². The van der Waals surface area contributed by atoms with Gasteiger partial charge in [-0.3, -0.25) is 0 Å². The number of methoxy groups -OCH3 is 1. The molecule has 0 aliphatic rings. The van der Waals surface area contributed by atoms with Crippen LogP contribution in [-0.2, 0) is 16.0 Å². The Balaban J connectivity index is 1.91. The maximum atomic E-state index is 5.52. The minimum Gasteiger partial charge on any atom is -0.468 e. The number of hydrogen-bond acceptors (Lipinski definition) is 4. The monoisotopic (exact) mass is 241 g/mol. The first-order valence-corrected chi connectivity index (χ1v) is 6.00. The molecule has 0 atom stereocenters. The Hall–Kier alpha value is -0.840. The molecule has 1 aromatic rings. The van der Waals surface area contributed by atoms with E-state index < -0.39 is 0 Å². The minimum atomic E-state index is -0.0956. The van der Waals surface area contributed by atoms with E-state index in [0.717, 1.165) is 31.9 Å². The van der Waals surface area contributed by atoms with Crippen molar-refractivity contribution >= 4 is 0 Å². The molecule has 1 rings (SSSR count). The van der Waals surface area contributed by atoms with Gasteiger partial charge in [0, 0.05) is 20.3 Å². The zero-order valence-corrected chi connectivity index (χ0v) is 11.0. The van der Waals surface area contributed by atoms with E-state index in [-0.39, 0.29) is 5.60 Å². The number of ether oxygens (including phenoxy) is 2. The summed E-state index contributed by atoms with van der Waals surface area (Å²) >= 11 is 0. The van der Waals surface area contributed by atoms with E-state index in [1.54, 1.807) is 13.4 Å². The van der Waals surface area contributed by atoms with Gasteiger partial charge in [0.15, 0.2) is 0 Å². The highest BCUT2D eigenvalue weighted by molar-refractivity contribution is 4.97. The Kier molecular flexibility index (Phi) is 6.26. The van der Waals surface area contributed by atoms with Gasteiger partial charge in [-0.05, 0) is 32.4 Å². The van der Waals surface area contributed by atoms with Crippen LogP contribution in [0.15, 0.2) is 22.8 Å². The molecule has 0 saturated carbocycles. The molecular weight excluding hydrogens is 218 g/mol. The minimum absolute atomic E-state index is 0.0956. The van der Waals surface area contributed by atoms with E-state index in [1.807, 2.05) is 12.1 Å². The van der Waals surface area contributed by atoms with Crippen molar-refractivity contribution in [3.8, 4) is 0 Å². The fourth-order valence-electron chi connectivity index (χ4n) is 1.29. The van der Waals surface area contributed by atoms with Gasteiger partial charge in [0.2, 0.25) is 0 Å². The van der Waals surface area contributed by atoms with Crippen molar-refractivity contribution in [2.45, 2.75) is 32.4 Å². The van der Waals surface area contributed by atoms with Crippen LogP contribution in [0.4, 0.5) is 0 Å². The zero-order chi connectivity index (χ0) is 12.6. The number of nitrogens with one attached hydrogen (secondary N) is 1. The van der Waals surface area contributed by atoms with E-state index in [9.17, 15) is 0 Å². The summed E-state index contributed by atoms with van der Waals surface area (Å²) in [5.41, 5.74) is -0.0956.